The van der Waals surface area contributed by atoms with E-state index in [0.29, 0.717) is 12.0 Å². The van der Waals surface area contributed by atoms with Gasteiger partial charge in [0.05, 0.1) is 0 Å². The highest BCUT2D eigenvalue weighted by molar-refractivity contribution is 5.63. The minimum atomic E-state index is 0.376. The first kappa shape index (κ1) is 10.5. The Kier molecular flexibility index (Phi) is 2.45. The lowest BCUT2D eigenvalue weighted by Crippen LogP contribution is -2.00. The first-order chi connectivity index (χ1) is 8.24. The number of nitrogens with two attached hydrogens (primary N) is 1. The molecule has 1 aliphatic carbocycles. The molecule has 2 nitrogen and oxygen atoms in total. The van der Waals surface area contributed by atoms with Crippen molar-refractivity contribution in [3.8, 4) is 11.1 Å². The van der Waals surface area contributed by atoms with Crippen LogP contribution in [0, 0.1) is 6.92 Å². The van der Waals surface area contributed by atoms with Crippen LogP contribution in [0.3, 0.4) is 0 Å². The van der Waals surface area contributed by atoms with Gasteiger partial charge in [-0.3, -0.25) is 4.98 Å². The first-order valence-corrected chi connectivity index (χ1v) is 6.01. The normalized spacial score (nSPS) is 22.5. The molecule has 17 heavy (non-hydrogen) atoms. The van der Waals surface area contributed by atoms with Crippen LogP contribution in [-0.4, -0.2) is 11.0 Å². The first-order valence-electron chi connectivity index (χ1n) is 6.01. The van der Waals surface area contributed by atoms with Crippen molar-refractivity contribution in [3.63, 3.8) is 0 Å². The Labute approximate surface area is 102 Å². The van der Waals surface area contributed by atoms with Gasteiger partial charge in [-0.2, -0.15) is 0 Å². The summed E-state index contributed by atoms with van der Waals surface area (Å²) in [6.07, 6.45) is 4.91. The number of benzene rings is 1. The fourth-order valence-electron chi connectivity index (χ4n) is 2.23. The molecule has 3 rings (SSSR count). The lowest BCUT2D eigenvalue weighted by molar-refractivity contribution is 0.991. The molecule has 1 aromatic carbocycles. The summed E-state index contributed by atoms with van der Waals surface area (Å²) in [4.78, 5) is 4.22. The van der Waals surface area contributed by atoms with Gasteiger partial charge in [0.2, 0.25) is 0 Å². The van der Waals surface area contributed by atoms with Crippen LogP contribution in [0.25, 0.3) is 11.1 Å². The number of aryl methyl sites for hydroxylation is 1. The molecule has 0 spiro atoms. The van der Waals surface area contributed by atoms with Gasteiger partial charge in [0.15, 0.2) is 0 Å². The standard InChI is InChI=1S/C15H16N2/c1-10-6-13(9-17-8-10)11-2-4-12(5-3-11)14-7-15(14)16/h2-6,8-9,14-15H,7,16H2,1H3. The van der Waals surface area contributed by atoms with Crippen molar-refractivity contribution >= 4 is 0 Å². The Hall–Kier alpha value is -1.67. The molecular formula is C15H16N2. The number of hydrogen-bond acceptors (Lipinski definition) is 2. The van der Waals surface area contributed by atoms with E-state index in [-0.39, 0.29) is 0 Å². The number of pyridine rings is 1. The van der Waals surface area contributed by atoms with Crippen LogP contribution in [0.15, 0.2) is 42.7 Å². The molecule has 2 aromatic rings. The van der Waals surface area contributed by atoms with Crippen molar-refractivity contribution < 1.29 is 0 Å². The lowest BCUT2D eigenvalue weighted by atomic mass is 10.0. The van der Waals surface area contributed by atoms with Crippen LogP contribution in [0.4, 0.5) is 0 Å². The zero-order chi connectivity index (χ0) is 11.8. The average molecular weight is 224 g/mol. The third-order valence-corrected chi connectivity index (χ3v) is 3.39. The Balaban J connectivity index is 1.89. The second kappa shape index (κ2) is 3.97. The Morgan fingerprint density at radius 2 is 1.82 bits per heavy atom. The highest BCUT2D eigenvalue weighted by Crippen LogP contribution is 2.39. The summed E-state index contributed by atoms with van der Waals surface area (Å²) < 4.78 is 0. The van der Waals surface area contributed by atoms with Crippen LogP contribution in [0.1, 0.15) is 23.5 Å². The summed E-state index contributed by atoms with van der Waals surface area (Å²) in [5.41, 5.74) is 10.8. The van der Waals surface area contributed by atoms with E-state index in [9.17, 15) is 0 Å². The minimum Gasteiger partial charge on any atom is -0.327 e. The quantitative estimate of drug-likeness (QED) is 0.852. The topological polar surface area (TPSA) is 38.9 Å². The average Bonchev–Trinajstić information content (AvgIpc) is 3.07. The largest absolute Gasteiger partial charge is 0.327 e. The van der Waals surface area contributed by atoms with Crippen LogP contribution in [0.2, 0.25) is 0 Å². The molecule has 0 bridgehead atoms. The number of hydrogen-bond donors (Lipinski definition) is 1. The van der Waals surface area contributed by atoms with Crippen LogP contribution < -0.4 is 5.73 Å². The summed E-state index contributed by atoms with van der Waals surface area (Å²) in [6, 6.07) is 11.2. The van der Waals surface area contributed by atoms with E-state index in [1.54, 1.807) is 0 Å². The van der Waals surface area contributed by atoms with E-state index >= 15 is 0 Å². The van der Waals surface area contributed by atoms with Crippen molar-refractivity contribution in [2.24, 2.45) is 5.73 Å². The molecule has 86 valence electrons. The predicted octanol–water partition coefficient (Wildman–Crippen LogP) is 2.87. The van der Waals surface area contributed by atoms with Gasteiger partial charge in [-0.25, -0.2) is 0 Å². The Bertz CT molecular complexity index is 531. The number of nitrogens with zero attached hydrogens (tertiary/aromatic N) is 1. The van der Waals surface area contributed by atoms with E-state index in [1.165, 1.54) is 22.3 Å². The maximum atomic E-state index is 5.86. The molecule has 1 heterocycles. The minimum absolute atomic E-state index is 0.376. The monoisotopic (exact) mass is 224 g/mol. The van der Waals surface area contributed by atoms with Gasteiger partial charge in [-0.1, -0.05) is 24.3 Å². The molecule has 0 saturated heterocycles. The SMILES string of the molecule is Cc1cncc(-c2ccc(C3CC3N)cc2)c1. The van der Waals surface area contributed by atoms with E-state index in [2.05, 4.69) is 42.2 Å². The molecule has 0 amide bonds. The van der Waals surface area contributed by atoms with E-state index in [1.807, 2.05) is 12.4 Å². The van der Waals surface area contributed by atoms with E-state index in [0.717, 1.165) is 6.42 Å². The molecule has 0 aliphatic heterocycles. The Morgan fingerprint density at radius 1 is 1.12 bits per heavy atom. The van der Waals surface area contributed by atoms with Gasteiger partial charge in [-0.05, 0) is 36.1 Å². The van der Waals surface area contributed by atoms with Crippen molar-refractivity contribution in [1.82, 2.24) is 4.98 Å². The van der Waals surface area contributed by atoms with Gasteiger partial charge in [0.1, 0.15) is 0 Å². The van der Waals surface area contributed by atoms with Crippen LogP contribution in [0.5, 0.6) is 0 Å². The Morgan fingerprint density at radius 3 is 2.41 bits per heavy atom. The molecular weight excluding hydrogens is 208 g/mol. The van der Waals surface area contributed by atoms with Crippen molar-refractivity contribution in [1.29, 1.82) is 0 Å². The molecule has 2 N–H and O–H groups in total. The van der Waals surface area contributed by atoms with Gasteiger partial charge in [0.25, 0.3) is 0 Å². The molecule has 1 fully saturated rings. The fourth-order valence-corrected chi connectivity index (χ4v) is 2.23. The molecule has 1 aromatic heterocycles. The highest BCUT2D eigenvalue weighted by Gasteiger charge is 2.34. The lowest BCUT2D eigenvalue weighted by Gasteiger charge is -2.04. The molecule has 2 atom stereocenters. The predicted molar refractivity (Wildman–Crippen MR) is 69.7 cm³/mol. The molecule has 2 heteroatoms. The maximum absolute atomic E-state index is 5.86. The number of aromatic nitrogens is 1. The van der Waals surface area contributed by atoms with E-state index in [4.69, 9.17) is 5.73 Å². The zero-order valence-electron chi connectivity index (χ0n) is 9.93. The molecule has 0 radical (unpaired) electrons. The molecule has 2 unspecified atom stereocenters. The fraction of sp³-hybridized carbons (Fsp3) is 0.267. The van der Waals surface area contributed by atoms with Crippen LogP contribution >= 0.6 is 0 Å². The summed E-state index contributed by atoms with van der Waals surface area (Å²) >= 11 is 0. The maximum Gasteiger partial charge on any atom is 0.0346 e. The van der Waals surface area contributed by atoms with Gasteiger partial charge in [-0.15, -0.1) is 0 Å². The van der Waals surface area contributed by atoms with Crippen molar-refractivity contribution in [2.75, 3.05) is 0 Å². The number of rotatable bonds is 2. The smallest absolute Gasteiger partial charge is 0.0346 e. The summed E-state index contributed by atoms with van der Waals surface area (Å²) in [5.74, 6) is 0.583. The highest BCUT2D eigenvalue weighted by atomic mass is 14.7. The second-order valence-corrected chi connectivity index (χ2v) is 4.88. The molecule has 1 aliphatic rings. The van der Waals surface area contributed by atoms with Crippen molar-refractivity contribution in [3.05, 3.63) is 53.9 Å². The van der Waals surface area contributed by atoms with E-state index < -0.39 is 0 Å². The van der Waals surface area contributed by atoms with Crippen LogP contribution in [-0.2, 0) is 0 Å². The zero-order valence-corrected chi connectivity index (χ0v) is 9.93. The second-order valence-electron chi connectivity index (χ2n) is 4.88. The summed E-state index contributed by atoms with van der Waals surface area (Å²) in [7, 11) is 0. The third-order valence-electron chi connectivity index (χ3n) is 3.39. The molecule has 1 saturated carbocycles. The van der Waals surface area contributed by atoms with Gasteiger partial charge >= 0.3 is 0 Å². The summed E-state index contributed by atoms with van der Waals surface area (Å²) in [5, 5.41) is 0. The van der Waals surface area contributed by atoms with Crippen molar-refractivity contribution in [2.45, 2.75) is 25.3 Å². The van der Waals surface area contributed by atoms with Gasteiger partial charge in [0, 0.05) is 29.9 Å². The van der Waals surface area contributed by atoms with Gasteiger partial charge < -0.3 is 5.73 Å². The summed E-state index contributed by atoms with van der Waals surface area (Å²) in [6.45, 7) is 2.06. The third kappa shape index (κ3) is 2.08.